The fourth-order valence-electron chi connectivity index (χ4n) is 2.07. The molecule has 1 N–H and O–H groups in total. The third kappa shape index (κ3) is 1.81. The first-order valence-electron chi connectivity index (χ1n) is 5.33. The molecule has 0 bridgehead atoms. The van der Waals surface area contributed by atoms with E-state index in [1.165, 1.54) is 16.4 Å². The van der Waals surface area contributed by atoms with Gasteiger partial charge in [-0.2, -0.15) is 4.31 Å². The molecule has 1 unspecified atom stereocenters. The third-order valence-corrected chi connectivity index (χ3v) is 5.00. The Morgan fingerprint density at radius 2 is 2.06 bits per heavy atom. The molecule has 1 aromatic carbocycles. The Bertz CT molecular complexity index is 484. The first-order chi connectivity index (χ1) is 7.53. The van der Waals surface area contributed by atoms with E-state index in [1.54, 1.807) is 12.1 Å². The molecule has 5 heteroatoms. The Balaban J connectivity index is 2.43. The Labute approximate surface area is 95.6 Å². The van der Waals surface area contributed by atoms with Crippen molar-refractivity contribution in [2.24, 2.45) is 0 Å². The summed E-state index contributed by atoms with van der Waals surface area (Å²) < 4.78 is 25.9. The average Bonchev–Trinajstić information content (AvgIpc) is 2.65. The van der Waals surface area contributed by atoms with Crippen LogP contribution in [0.5, 0.6) is 5.75 Å². The van der Waals surface area contributed by atoms with Crippen molar-refractivity contribution in [3.05, 3.63) is 24.3 Å². The standard InChI is InChI=1S/C11H15NO3S/c1-9-5-4-8-12(9)16(14,15)11-7-3-2-6-10(11)13/h2-3,6-7,9,13H,4-5,8H2,1H3. The minimum Gasteiger partial charge on any atom is -0.507 e. The normalized spacial score (nSPS) is 22.4. The highest BCUT2D eigenvalue weighted by Gasteiger charge is 2.33. The molecule has 1 aromatic rings. The number of rotatable bonds is 2. The highest BCUT2D eigenvalue weighted by atomic mass is 32.2. The van der Waals surface area contributed by atoms with Crippen LogP contribution in [0.4, 0.5) is 0 Å². The first-order valence-corrected chi connectivity index (χ1v) is 6.77. The van der Waals surface area contributed by atoms with Gasteiger partial charge < -0.3 is 5.11 Å². The second-order valence-corrected chi connectivity index (χ2v) is 5.93. The summed E-state index contributed by atoms with van der Waals surface area (Å²) in [5.41, 5.74) is 0. The summed E-state index contributed by atoms with van der Waals surface area (Å²) in [6, 6.07) is 6.09. The van der Waals surface area contributed by atoms with Crippen LogP contribution in [-0.2, 0) is 10.0 Å². The summed E-state index contributed by atoms with van der Waals surface area (Å²) in [5.74, 6) is -0.179. The molecule has 1 atom stereocenters. The average molecular weight is 241 g/mol. The van der Waals surface area contributed by atoms with Gasteiger partial charge in [0.25, 0.3) is 0 Å². The highest BCUT2D eigenvalue weighted by molar-refractivity contribution is 7.89. The lowest BCUT2D eigenvalue weighted by atomic mass is 10.3. The highest BCUT2D eigenvalue weighted by Crippen LogP contribution is 2.30. The molecule has 2 rings (SSSR count). The van der Waals surface area contributed by atoms with Crippen LogP contribution >= 0.6 is 0 Å². The zero-order valence-electron chi connectivity index (χ0n) is 9.13. The molecule has 1 aliphatic rings. The van der Waals surface area contributed by atoms with Gasteiger partial charge in [0.05, 0.1) is 0 Å². The van der Waals surface area contributed by atoms with Gasteiger partial charge in [0.1, 0.15) is 10.6 Å². The molecular weight excluding hydrogens is 226 g/mol. The maximum absolute atomic E-state index is 12.2. The van der Waals surface area contributed by atoms with Crippen molar-refractivity contribution in [3.8, 4) is 5.75 Å². The Kier molecular flexibility index (Phi) is 2.90. The molecule has 16 heavy (non-hydrogen) atoms. The second kappa shape index (κ2) is 4.07. The van der Waals surface area contributed by atoms with E-state index >= 15 is 0 Å². The van der Waals surface area contributed by atoms with Gasteiger partial charge in [0, 0.05) is 12.6 Å². The molecule has 4 nitrogen and oxygen atoms in total. The lowest BCUT2D eigenvalue weighted by Gasteiger charge is -2.21. The minimum absolute atomic E-state index is 0.00347. The lowest BCUT2D eigenvalue weighted by molar-refractivity contribution is 0.401. The lowest BCUT2D eigenvalue weighted by Crippen LogP contribution is -2.33. The van der Waals surface area contributed by atoms with Crippen molar-refractivity contribution in [1.82, 2.24) is 4.31 Å². The summed E-state index contributed by atoms with van der Waals surface area (Å²) in [6.07, 6.45) is 1.76. The van der Waals surface area contributed by atoms with Gasteiger partial charge in [-0.1, -0.05) is 12.1 Å². The molecule has 0 amide bonds. The van der Waals surface area contributed by atoms with E-state index in [9.17, 15) is 13.5 Å². The predicted octanol–water partition coefficient (Wildman–Crippen LogP) is 1.57. The predicted molar refractivity (Wildman–Crippen MR) is 60.7 cm³/mol. The zero-order chi connectivity index (χ0) is 11.8. The van der Waals surface area contributed by atoms with Gasteiger partial charge in [-0.25, -0.2) is 8.42 Å². The van der Waals surface area contributed by atoms with Gasteiger partial charge in [0.2, 0.25) is 10.0 Å². The first kappa shape index (κ1) is 11.4. The van der Waals surface area contributed by atoms with Gasteiger partial charge in [-0.15, -0.1) is 0 Å². The van der Waals surface area contributed by atoms with Crippen LogP contribution in [0, 0.1) is 0 Å². The van der Waals surface area contributed by atoms with Crippen molar-refractivity contribution in [3.63, 3.8) is 0 Å². The molecule has 0 spiro atoms. The summed E-state index contributed by atoms with van der Waals surface area (Å²) in [4.78, 5) is 0.00347. The quantitative estimate of drug-likeness (QED) is 0.855. The Morgan fingerprint density at radius 1 is 1.38 bits per heavy atom. The van der Waals surface area contributed by atoms with Crippen molar-refractivity contribution in [1.29, 1.82) is 0 Å². The van der Waals surface area contributed by atoms with Crippen LogP contribution in [0.25, 0.3) is 0 Å². The monoisotopic (exact) mass is 241 g/mol. The van der Waals surface area contributed by atoms with Gasteiger partial charge >= 0.3 is 0 Å². The van der Waals surface area contributed by atoms with Crippen molar-refractivity contribution < 1.29 is 13.5 Å². The fraction of sp³-hybridized carbons (Fsp3) is 0.455. The van der Waals surface area contributed by atoms with E-state index in [0.717, 1.165) is 12.8 Å². The third-order valence-electron chi connectivity index (χ3n) is 2.94. The summed E-state index contributed by atoms with van der Waals surface area (Å²) in [7, 11) is -3.54. The van der Waals surface area contributed by atoms with Crippen LogP contribution in [0.2, 0.25) is 0 Å². The number of para-hydroxylation sites is 1. The molecule has 1 saturated heterocycles. The van der Waals surface area contributed by atoms with E-state index in [2.05, 4.69) is 0 Å². The second-order valence-electron chi connectivity index (χ2n) is 4.07. The number of nitrogens with zero attached hydrogens (tertiary/aromatic N) is 1. The van der Waals surface area contributed by atoms with Gasteiger partial charge in [-0.3, -0.25) is 0 Å². The largest absolute Gasteiger partial charge is 0.507 e. The van der Waals surface area contributed by atoms with E-state index in [-0.39, 0.29) is 16.7 Å². The number of phenols is 1. The fourth-order valence-corrected chi connectivity index (χ4v) is 3.85. The van der Waals surface area contributed by atoms with Crippen LogP contribution in [0.15, 0.2) is 29.2 Å². The SMILES string of the molecule is CC1CCCN1S(=O)(=O)c1ccccc1O. The molecule has 0 radical (unpaired) electrons. The summed E-state index contributed by atoms with van der Waals surface area (Å²) in [6.45, 7) is 2.43. The summed E-state index contributed by atoms with van der Waals surface area (Å²) in [5, 5.41) is 9.59. The molecule has 0 aliphatic carbocycles. The van der Waals surface area contributed by atoms with Crippen LogP contribution in [0.3, 0.4) is 0 Å². The molecule has 88 valence electrons. The van der Waals surface area contributed by atoms with Crippen LogP contribution < -0.4 is 0 Å². The smallest absolute Gasteiger partial charge is 0.246 e. The molecule has 0 aromatic heterocycles. The maximum atomic E-state index is 12.2. The minimum atomic E-state index is -3.54. The number of aromatic hydroxyl groups is 1. The molecule has 1 heterocycles. The number of hydrogen-bond acceptors (Lipinski definition) is 3. The van der Waals surface area contributed by atoms with Crippen LogP contribution in [0.1, 0.15) is 19.8 Å². The Hall–Kier alpha value is -1.07. The van der Waals surface area contributed by atoms with E-state index in [0.29, 0.717) is 6.54 Å². The van der Waals surface area contributed by atoms with Gasteiger partial charge in [0.15, 0.2) is 0 Å². The van der Waals surface area contributed by atoms with E-state index < -0.39 is 10.0 Å². The molecular formula is C11H15NO3S. The maximum Gasteiger partial charge on any atom is 0.246 e. The number of phenolic OH excluding ortho intramolecular Hbond substituents is 1. The Morgan fingerprint density at radius 3 is 2.62 bits per heavy atom. The van der Waals surface area contributed by atoms with E-state index in [4.69, 9.17) is 0 Å². The number of hydrogen-bond donors (Lipinski definition) is 1. The molecule has 1 fully saturated rings. The molecule has 1 aliphatic heterocycles. The summed E-state index contributed by atoms with van der Waals surface area (Å²) >= 11 is 0. The van der Waals surface area contributed by atoms with Crippen molar-refractivity contribution >= 4 is 10.0 Å². The zero-order valence-corrected chi connectivity index (χ0v) is 9.94. The number of benzene rings is 1. The topological polar surface area (TPSA) is 57.6 Å². The van der Waals surface area contributed by atoms with E-state index in [1.807, 2.05) is 6.92 Å². The van der Waals surface area contributed by atoms with Crippen LogP contribution in [-0.4, -0.2) is 30.4 Å². The van der Waals surface area contributed by atoms with Crippen molar-refractivity contribution in [2.45, 2.75) is 30.7 Å². The molecule has 0 saturated carbocycles. The van der Waals surface area contributed by atoms with Crippen molar-refractivity contribution in [2.75, 3.05) is 6.54 Å². The number of sulfonamides is 1. The van der Waals surface area contributed by atoms with Gasteiger partial charge in [-0.05, 0) is 31.9 Å².